The van der Waals surface area contributed by atoms with E-state index in [-0.39, 0.29) is 18.4 Å². The van der Waals surface area contributed by atoms with Gasteiger partial charge in [0.1, 0.15) is 0 Å². The summed E-state index contributed by atoms with van der Waals surface area (Å²) in [6.45, 7) is 3.30. The van der Waals surface area contributed by atoms with E-state index in [2.05, 4.69) is 4.90 Å². The van der Waals surface area contributed by atoms with Gasteiger partial charge in [-0.3, -0.25) is 14.5 Å². The van der Waals surface area contributed by atoms with Crippen LogP contribution in [0.2, 0.25) is 0 Å². The van der Waals surface area contributed by atoms with Crippen LogP contribution in [0.5, 0.6) is 0 Å². The molecule has 0 radical (unpaired) electrons. The molecule has 6 heteroatoms. The molecule has 1 heterocycles. The van der Waals surface area contributed by atoms with Crippen molar-refractivity contribution in [2.24, 2.45) is 5.73 Å². The lowest BCUT2D eigenvalue weighted by atomic mass is 10.3. The number of carbonyl (C=O) groups excluding carboxylic acids is 2. The molecule has 2 amide bonds. The number of hydrogen-bond acceptors (Lipinski definition) is 4. The first-order valence-electron chi connectivity index (χ1n) is 5.45. The van der Waals surface area contributed by atoms with Gasteiger partial charge in [-0.2, -0.15) is 0 Å². The zero-order valence-electron chi connectivity index (χ0n) is 9.98. The Bertz CT molecular complexity index is 260. The quantitative estimate of drug-likeness (QED) is 0.617. The maximum absolute atomic E-state index is 11.5. The van der Waals surface area contributed by atoms with E-state index in [9.17, 15) is 9.59 Å². The van der Waals surface area contributed by atoms with Crippen LogP contribution in [0.1, 0.15) is 0 Å². The Labute approximate surface area is 96.0 Å². The van der Waals surface area contributed by atoms with Gasteiger partial charge in [0, 0.05) is 40.3 Å². The van der Waals surface area contributed by atoms with Crippen molar-refractivity contribution < 1.29 is 9.59 Å². The summed E-state index contributed by atoms with van der Waals surface area (Å²) < 4.78 is 0. The summed E-state index contributed by atoms with van der Waals surface area (Å²) in [7, 11) is 3.49. The third-order valence-electron chi connectivity index (χ3n) is 2.76. The highest BCUT2D eigenvalue weighted by molar-refractivity contribution is 5.78. The van der Waals surface area contributed by atoms with Gasteiger partial charge >= 0.3 is 0 Å². The molecule has 0 saturated carbocycles. The van der Waals surface area contributed by atoms with E-state index in [0.29, 0.717) is 19.6 Å². The van der Waals surface area contributed by atoms with Crippen molar-refractivity contribution in [2.75, 3.05) is 53.4 Å². The molecule has 16 heavy (non-hydrogen) atoms. The molecule has 1 aliphatic heterocycles. The molecule has 0 aromatic heterocycles. The second-order valence-electron chi connectivity index (χ2n) is 4.15. The molecular formula is C10H20N4O2. The Balaban J connectivity index is 2.32. The highest BCUT2D eigenvalue weighted by atomic mass is 16.2. The zero-order chi connectivity index (χ0) is 12.1. The lowest BCUT2D eigenvalue weighted by Crippen LogP contribution is -2.52. The number of rotatable bonds is 3. The van der Waals surface area contributed by atoms with Gasteiger partial charge in [-0.25, -0.2) is 0 Å². The fraction of sp³-hybridized carbons (Fsp3) is 0.800. The first-order valence-corrected chi connectivity index (χ1v) is 5.45. The van der Waals surface area contributed by atoms with Crippen LogP contribution in [-0.4, -0.2) is 79.9 Å². The molecule has 0 spiro atoms. The third-order valence-corrected chi connectivity index (χ3v) is 2.76. The predicted octanol–water partition coefficient (Wildman–Crippen LogP) is -1.82. The van der Waals surface area contributed by atoms with Crippen LogP contribution >= 0.6 is 0 Å². The van der Waals surface area contributed by atoms with Gasteiger partial charge in [-0.1, -0.05) is 0 Å². The maximum atomic E-state index is 11.5. The van der Waals surface area contributed by atoms with Crippen LogP contribution in [0.15, 0.2) is 0 Å². The van der Waals surface area contributed by atoms with Crippen molar-refractivity contribution in [3.05, 3.63) is 0 Å². The van der Waals surface area contributed by atoms with Crippen LogP contribution in [0.25, 0.3) is 0 Å². The van der Waals surface area contributed by atoms with Crippen LogP contribution < -0.4 is 5.73 Å². The van der Waals surface area contributed by atoms with Crippen LogP contribution in [-0.2, 0) is 9.59 Å². The van der Waals surface area contributed by atoms with Crippen LogP contribution in [0.3, 0.4) is 0 Å². The molecule has 0 aliphatic carbocycles. The van der Waals surface area contributed by atoms with E-state index >= 15 is 0 Å². The zero-order valence-corrected chi connectivity index (χ0v) is 9.98. The van der Waals surface area contributed by atoms with Crippen molar-refractivity contribution in [3.8, 4) is 0 Å². The van der Waals surface area contributed by atoms with Gasteiger partial charge in [-0.15, -0.1) is 0 Å². The monoisotopic (exact) mass is 228 g/mol. The SMILES string of the molecule is CN(C)C(=O)CN1CCN(C(=O)CN)CC1. The lowest BCUT2D eigenvalue weighted by Gasteiger charge is -2.34. The fourth-order valence-corrected chi connectivity index (χ4v) is 1.62. The summed E-state index contributed by atoms with van der Waals surface area (Å²) in [4.78, 5) is 28.2. The number of amides is 2. The molecule has 6 nitrogen and oxygen atoms in total. The minimum Gasteiger partial charge on any atom is -0.348 e. The van der Waals surface area contributed by atoms with Crippen molar-refractivity contribution in [1.82, 2.24) is 14.7 Å². The Morgan fingerprint density at radius 1 is 1.19 bits per heavy atom. The van der Waals surface area contributed by atoms with Crippen molar-refractivity contribution in [2.45, 2.75) is 0 Å². The molecule has 1 aliphatic rings. The second kappa shape index (κ2) is 5.81. The van der Waals surface area contributed by atoms with E-state index in [1.165, 1.54) is 0 Å². The van der Waals surface area contributed by atoms with Gasteiger partial charge in [-0.05, 0) is 0 Å². The minimum absolute atomic E-state index is 0.0152. The average Bonchev–Trinajstić information content (AvgIpc) is 2.28. The number of carbonyl (C=O) groups is 2. The van der Waals surface area contributed by atoms with Crippen molar-refractivity contribution in [3.63, 3.8) is 0 Å². The molecule has 1 rings (SSSR count). The van der Waals surface area contributed by atoms with E-state index in [4.69, 9.17) is 5.73 Å². The minimum atomic E-state index is -0.0152. The highest BCUT2D eigenvalue weighted by Gasteiger charge is 2.21. The van der Waals surface area contributed by atoms with Crippen LogP contribution in [0, 0.1) is 0 Å². The van der Waals surface area contributed by atoms with Crippen molar-refractivity contribution >= 4 is 11.8 Å². The number of hydrogen-bond donors (Lipinski definition) is 1. The topological polar surface area (TPSA) is 69.9 Å². The van der Waals surface area contributed by atoms with E-state index in [1.807, 2.05) is 0 Å². The second-order valence-corrected chi connectivity index (χ2v) is 4.15. The molecule has 0 atom stereocenters. The number of nitrogens with two attached hydrogens (primary N) is 1. The Morgan fingerprint density at radius 2 is 1.75 bits per heavy atom. The van der Waals surface area contributed by atoms with Crippen LogP contribution in [0.4, 0.5) is 0 Å². The molecule has 0 bridgehead atoms. The van der Waals surface area contributed by atoms with E-state index < -0.39 is 0 Å². The largest absolute Gasteiger partial charge is 0.348 e. The molecule has 1 saturated heterocycles. The Hall–Kier alpha value is -1.14. The average molecular weight is 228 g/mol. The van der Waals surface area contributed by atoms with Gasteiger partial charge in [0.25, 0.3) is 0 Å². The van der Waals surface area contributed by atoms with E-state index in [0.717, 1.165) is 13.1 Å². The Kier molecular flexibility index (Phi) is 4.70. The maximum Gasteiger partial charge on any atom is 0.236 e. The summed E-state index contributed by atoms with van der Waals surface area (Å²) in [5, 5.41) is 0. The molecule has 2 N–H and O–H groups in total. The summed E-state index contributed by atoms with van der Waals surface area (Å²) in [5.41, 5.74) is 5.29. The molecular weight excluding hydrogens is 208 g/mol. The third kappa shape index (κ3) is 3.46. The fourth-order valence-electron chi connectivity index (χ4n) is 1.62. The van der Waals surface area contributed by atoms with Gasteiger partial charge in [0.2, 0.25) is 11.8 Å². The standard InChI is InChI=1S/C10H20N4O2/c1-12(2)10(16)8-13-3-5-14(6-4-13)9(15)7-11/h3-8,11H2,1-2H3. The number of piperazine rings is 1. The van der Waals surface area contributed by atoms with Gasteiger partial charge in [0.15, 0.2) is 0 Å². The number of likely N-dealkylation sites (N-methyl/N-ethyl adjacent to an activating group) is 1. The lowest BCUT2D eigenvalue weighted by molar-refractivity contribution is -0.133. The molecule has 0 unspecified atom stereocenters. The molecule has 92 valence electrons. The first kappa shape index (κ1) is 12.9. The first-order chi connectivity index (χ1) is 7.54. The predicted molar refractivity (Wildman–Crippen MR) is 60.8 cm³/mol. The van der Waals surface area contributed by atoms with Gasteiger partial charge in [0.05, 0.1) is 13.1 Å². The van der Waals surface area contributed by atoms with Crippen molar-refractivity contribution in [1.29, 1.82) is 0 Å². The van der Waals surface area contributed by atoms with E-state index in [1.54, 1.807) is 23.9 Å². The molecule has 0 aromatic carbocycles. The highest BCUT2D eigenvalue weighted by Crippen LogP contribution is 2.01. The summed E-state index contributed by atoms with van der Waals surface area (Å²) in [6, 6.07) is 0. The summed E-state index contributed by atoms with van der Waals surface area (Å²) >= 11 is 0. The van der Waals surface area contributed by atoms with Gasteiger partial charge < -0.3 is 15.5 Å². The normalized spacial score (nSPS) is 17.3. The Morgan fingerprint density at radius 3 is 2.19 bits per heavy atom. The number of nitrogens with zero attached hydrogens (tertiary/aromatic N) is 3. The molecule has 0 aromatic rings. The summed E-state index contributed by atoms with van der Waals surface area (Å²) in [6.07, 6.45) is 0. The molecule has 1 fully saturated rings. The summed E-state index contributed by atoms with van der Waals surface area (Å²) in [5.74, 6) is 0.0807. The smallest absolute Gasteiger partial charge is 0.236 e.